The number of hydrogen-bond donors (Lipinski definition) is 2. The molecule has 36 heavy (non-hydrogen) atoms. The molecule has 7 nitrogen and oxygen atoms in total. The van der Waals surface area contributed by atoms with Crippen LogP contribution < -0.4 is 16.0 Å². The molecule has 190 valence electrons. The van der Waals surface area contributed by atoms with Gasteiger partial charge in [-0.3, -0.25) is 14.4 Å². The number of benzodiazepines with no additional fused rings is 1. The van der Waals surface area contributed by atoms with Crippen LogP contribution in [0.25, 0.3) is 0 Å². The maximum absolute atomic E-state index is 14.9. The maximum atomic E-state index is 14.9. The molecule has 0 bridgehead atoms. The van der Waals surface area contributed by atoms with Gasteiger partial charge >= 0.3 is 0 Å². The molecule has 3 amide bonds. The number of rotatable bonds is 9. The lowest BCUT2D eigenvalue weighted by Gasteiger charge is -2.27. The highest BCUT2D eigenvalue weighted by molar-refractivity contribution is 6.32. The summed E-state index contributed by atoms with van der Waals surface area (Å²) in [5, 5.41) is 3.07. The molecule has 3 rings (SSSR count). The lowest BCUT2D eigenvalue weighted by Crippen LogP contribution is -2.50. The molecule has 1 aliphatic rings. The number of primary amides is 1. The predicted octanol–water partition coefficient (Wildman–Crippen LogP) is 4.08. The zero-order chi connectivity index (χ0) is 26.6. The van der Waals surface area contributed by atoms with Crippen molar-refractivity contribution < 1.29 is 18.8 Å². The van der Waals surface area contributed by atoms with E-state index in [1.54, 1.807) is 43.4 Å². The van der Waals surface area contributed by atoms with Crippen LogP contribution in [0.2, 0.25) is 5.02 Å². The Bertz CT molecular complexity index is 1210. The molecule has 0 aliphatic carbocycles. The van der Waals surface area contributed by atoms with Gasteiger partial charge in [-0.15, -0.1) is 6.58 Å². The van der Waals surface area contributed by atoms with Gasteiger partial charge in [-0.1, -0.05) is 43.7 Å². The third-order valence-corrected chi connectivity index (χ3v) is 6.37. The topological polar surface area (TPSA) is 105 Å². The van der Waals surface area contributed by atoms with Crippen LogP contribution in [0, 0.1) is 23.6 Å². The number of hydrogen-bond acceptors (Lipinski definition) is 4. The molecule has 3 atom stereocenters. The van der Waals surface area contributed by atoms with Crippen LogP contribution in [0.5, 0.6) is 0 Å². The zero-order valence-electron chi connectivity index (χ0n) is 20.5. The number of likely N-dealkylation sites (N-methyl/N-ethyl adjacent to an activating group) is 1. The lowest BCUT2D eigenvalue weighted by atomic mass is 9.82. The number of carbonyl (C=O) groups is 3. The minimum absolute atomic E-state index is 0.0730. The van der Waals surface area contributed by atoms with Gasteiger partial charge in [0.15, 0.2) is 0 Å². The number of nitrogens with one attached hydrogen (secondary N) is 1. The van der Waals surface area contributed by atoms with Crippen molar-refractivity contribution in [2.24, 2.45) is 28.5 Å². The first-order valence-electron chi connectivity index (χ1n) is 11.7. The first-order chi connectivity index (χ1) is 17.0. The number of carbonyl (C=O) groups excluding carboxylic acids is 3. The van der Waals surface area contributed by atoms with Gasteiger partial charge in [0.05, 0.1) is 23.2 Å². The Morgan fingerprint density at radius 2 is 1.92 bits per heavy atom. The monoisotopic (exact) mass is 512 g/mol. The van der Waals surface area contributed by atoms with E-state index in [1.165, 1.54) is 17.0 Å². The molecule has 0 spiro atoms. The van der Waals surface area contributed by atoms with Crippen LogP contribution in [-0.4, -0.2) is 36.6 Å². The summed E-state index contributed by atoms with van der Waals surface area (Å²) in [6, 6.07) is 10.9. The van der Waals surface area contributed by atoms with Crippen LogP contribution in [0.1, 0.15) is 37.8 Å². The number of fused-ring (bicyclic) bond motifs is 1. The van der Waals surface area contributed by atoms with Crippen molar-refractivity contribution in [2.75, 3.05) is 11.9 Å². The number of halogens is 2. The van der Waals surface area contributed by atoms with Crippen LogP contribution in [0.3, 0.4) is 0 Å². The normalized spacial score (nSPS) is 17.1. The van der Waals surface area contributed by atoms with E-state index in [9.17, 15) is 18.8 Å². The molecule has 0 radical (unpaired) electrons. The minimum Gasteiger partial charge on any atom is -0.369 e. The van der Waals surface area contributed by atoms with E-state index >= 15 is 0 Å². The smallest absolute Gasteiger partial charge is 0.272 e. The number of aliphatic imine (C=N–C) groups is 1. The van der Waals surface area contributed by atoms with Crippen LogP contribution in [0.15, 0.2) is 60.1 Å². The fourth-order valence-electron chi connectivity index (χ4n) is 4.37. The molecule has 2 unspecified atom stereocenters. The number of amides is 3. The second-order valence-corrected chi connectivity index (χ2v) is 9.63. The Morgan fingerprint density at radius 3 is 2.53 bits per heavy atom. The van der Waals surface area contributed by atoms with E-state index in [4.69, 9.17) is 17.3 Å². The highest BCUT2D eigenvalue weighted by atomic mass is 35.5. The van der Waals surface area contributed by atoms with E-state index < -0.39 is 41.5 Å². The van der Waals surface area contributed by atoms with Gasteiger partial charge in [0, 0.05) is 23.2 Å². The molecule has 0 saturated carbocycles. The maximum Gasteiger partial charge on any atom is 0.272 e. The van der Waals surface area contributed by atoms with Gasteiger partial charge in [-0.2, -0.15) is 0 Å². The number of benzene rings is 2. The van der Waals surface area contributed by atoms with E-state index in [0.29, 0.717) is 22.7 Å². The van der Waals surface area contributed by atoms with Gasteiger partial charge in [0.25, 0.3) is 5.91 Å². The summed E-state index contributed by atoms with van der Waals surface area (Å²) in [5.41, 5.74) is 6.84. The van der Waals surface area contributed by atoms with Gasteiger partial charge in [0.1, 0.15) is 5.82 Å². The van der Waals surface area contributed by atoms with E-state index in [-0.39, 0.29) is 23.6 Å². The molecule has 0 aromatic heterocycles. The molecular weight excluding hydrogens is 483 g/mol. The second kappa shape index (κ2) is 11.5. The van der Waals surface area contributed by atoms with E-state index in [1.807, 2.05) is 13.8 Å². The Labute approximate surface area is 215 Å². The van der Waals surface area contributed by atoms with E-state index in [0.717, 1.165) is 0 Å². The standard InChI is InChI=1S/C27H30ClFN4O3/c1-5-8-17(24(30)34)19(13-15(2)3)26(35)32-25-27(36)33(4)22-12-11-16(28)14-20(22)23(31-25)18-9-6-7-10-21(18)29/h5-7,9-12,14-15,17,19,25H,1,8,13H2,2-4H3,(H2,30,34)(H,32,35)/t17?,19?,25-/m0/s1. The molecule has 2 aromatic carbocycles. The highest BCUT2D eigenvalue weighted by Crippen LogP contribution is 2.31. The summed E-state index contributed by atoms with van der Waals surface area (Å²) >= 11 is 6.24. The number of anilines is 1. The van der Waals surface area contributed by atoms with Crippen molar-refractivity contribution in [1.82, 2.24) is 5.32 Å². The fourth-order valence-corrected chi connectivity index (χ4v) is 4.54. The lowest BCUT2D eigenvalue weighted by molar-refractivity contribution is -0.135. The van der Waals surface area contributed by atoms with Crippen LogP contribution in [0.4, 0.5) is 10.1 Å². The molecule has 1 aliphatic heterocycles. The fraction of sp³-hybridized carbons (Fsp3) is 0.333. The third-order valence-electron chi connectivity index (χ3n) is 6.14. The van der Waals surface area contributed by atoms with Crippen molar-refractivity contribution in [3.8, 4) is 0 Å². The van der Waals surface area contributed by atoms with E-state index in [2.05, 4.69) is 16.9 Å². The highest BCUT2D eigenvalue weighted by Gasteiger charge is 2.37. The summed E-state index contributed by atoms with van der Waals surface area (Å²) in [6.07, 6.45) is 0.751. The molecule has 0 fully saturated rings. The predicted molar refractivity (Wildman–Crippen MR) is 139 cm³/mol. The summed E-state index contributed by atoms with van der Waals surface area (Å²) in [4.78, 5) is 45.0. The van der Waals surface area contributed by atoms with Crippen LogP contribution in [-0.2, 0) is 14.4 Å². The Morgan fingerprint density at radius 1 is 1.22 bits per heavy atom. The van der Waals surface area contributed by atoms with Crippen molar-refractivity contribution in [3.63, 3.8) is 0 Å². The van der Waals surface area contributed by atoms with Gasteiger partial charge in [-0.05, 0) is 49.1 Å². The number of nitrogens with zero attached hydrogens (tertiary/aromatic N) is 2. The van der Waals surface area contributed by atoms with Crippen LogP contribution >= 0.6 is 11.6 Å². The molecule has 9 heteroatoms. The second-order valence-electron chi connectivity index (χ2n) is 9.20. The summed E-state index contributed by atoms with van der Waals surface area (Å²) < 4.78 is 14.9. The summed E-state index contributed by atoms with van der Waals surface area (Å²) in [5.74, 6) is -3.76. The Kier molecular flexibility index (Phi) is 8.63. The molecule has 1 heterocycles. The summed E-state index contributed by atoms with van der Waals surface area (Å²) in [6.45, 7) is 7.51. The van der Waals surface area contributed by atoms with Crippen molar-refractivity contribution >= 4 is 40.7 Å². The molecular formula is C27H30ClFN4O3. The average molecular weight is 513 g/mol. The quantitative estimate of drug-likeness (QED) is 0.495. The molecule has 2 aromatic rings. The zero-order valence-corrected chi connectivity index (χ0v) is 21.3. The number of nitrogens with two attached hydrogens (primary N) is 1. The van der Waals surface area contributed by atoms with Crippen molar-refractivity contribution in [3.05, 3.63) is 77.1 Å². The summed E-state index contributed by atoms with van der Waals surface area (Å²) in [7, 11) is 1.55. The Hall–Kier alpha value is -3.52. The first kappa shape index (κ1) is 27.1. The molecule has 3 N–H and O–H groups in total. The Balaban J connectivity index is 2.10. The third kappa shape index (κ3) is 5.82. The first-order valence-corrected chi connectivity index (χ1v) is 12.0. The van der Waals surface area contributed by atoms with Gasteiger partial charge in [0.2, 0.25) is 18.0 Å². The van der Waals surface area contributed by atoms with Gasteiger partial charge < -0.3 is 16.0 Å². The average Bonchev–Trinajstić information content (AvgIpc) is 2.91. The minimum atomic E-state index is -1.37. The number of allylic oxidation sites excluding steroid dienone is 1. The van der Waals surface area contributed by atoms with Crippen molar-refractivity contribution in [1.29, 1.82) is 0 Å². The van der Waals surface area contributed by atoms with Crippen molar-refractivity contribution in [2.45, 2.75) is 32.9 Å². The molecule has 0 saturated heterocycles. The largest absolute Gasteiger partial charge is 0.369 e. The SMILES string of the molecule is C=CCC(C(N)=O)C(CC(C)C)C(=O)N[C@@H]1N=C(c2ccccc2F)c2cc(Cl)ccc2N(C)C1=O. The van der Waals surface area contributed by atoms with Gasteiger partial charge in [-0.25, -0.2) is 9.38 Å².